The van der Waals surface area contributed by atoms with Gasteiger partial charge in [0.05, 0.1) is 43.5 Å². The fourth-order valence-electron chi connectivity index (χ4n) is 3.13. The number of hydrogen-bond donors (Lipinski definition) is 0. The van der Waals surface area contributed by atoms with Gasteiger partial charge >= 0.3 is 11.9 Å². The van der Waals surface area contributed by atoms with E-state index in [4.69, 9.17) is 25.8 Å². The highest BCUT2D eigenvalue weighted by Gasteiger charge is 2.38. The molecule has 1 aliphatic rings. The van der Waals surface area contributed by atoms with Crippen LogP contribution in [0.2, 0.25) is 5.02 Å². The number of nitrogens with zero attached hydrogens (tertiary/aromatic N) is 1. The molecular weight excluding hydrogens is 414 g/mol. The Morgan fingerprint density at radius 2 is 1.70 bits per heavy atom. The predicted octanol–water partition coefficient (Wildman–Crippen LogP) is 3.10. The molecule has 0 radical (unpaired) electrons. The molecule has 0 saturated carbocycles. The van der Waals surface area contributed by atoms with E-state index in [1.54, 1.807) is 12.1 Å². The summed E-state index contributed by atoms with van der Waals surface area (Å²) >= 11 is 6.19. The summed E-state index contributed by atoms with van der Waals surface area (Å²) in [5, 5.41) is 0.317. The van der Waals surface area contributed by atoms with Crippen LogP contribution in [0, 0.1) is 5.92 Å². The van der Waals surface area contributed by atoms with Gasteiger partial charge in [0, 0.05) is 19.0 Å². The van der Waals surface area contributed by atoms with Crippen molar-refractivity contribution in [1.29, 1.82) is 0 Å². The van der Waals surface area contributed by atoms with E-state index in [1.165, 1.54) is 50.5 Å². The molecule has 1 unspecified atom stereocenters. The van der Waals surface area contributed by atoms with Crippen molar-refractivity contribution in [2.24, 2.45) is 5.92 Å². The summed E-state index contributed by atoms with van der Waals surface area (Å²) in [6.07, 6.45) is -0.00806. The molecule has 2 aromatic rings. The highest BCUT2D eigenvalue weighted by Crippen LogP contribution is 2.40. The zero-order valence-electron chi connectivity index (χ0n) is 16.6. The normalized spacial score (nSPS) is 15.7. The first-order chi connectivity index (χ1) is 14.4. The van der Waals surface area contributed by atoms with Crippen molar-refractivity contribution in [2.45, 2.75) is 6.42 Å². The molecule has 0 aliphatic carbocycles. The van der Waals surface area contributed by atoms with Gasteiger partial charge in [-0.25, -0.2) is 4.79 Å². The Morgan fingerprint density at radius 1 is 1.03 bits per heavy atom. The van der Waals surface area contributed by atoms with Crippen LogP contribution in [-0.2, 0) is 14.3 Å². The molecule has 30 heavy (non-hydrogen) atoms. The first-order valence-electron chi connectivity index (χ1n) is 8.99. The number of anilines is 1. The van der Waals surface area contributed by atoms with Crippen molar-refractivity contribution >= 4 is 35.1 Å². The van der Waals surface area contributed by atoms with Crippen molar-refractivity contribution < 1.29 is 33.3 Å². The minimum absolute atomic E-state index is 0.00806. The molecule has 3 rings (SSSR count). The van der Waals surface area contributed by atoms with Crippen LogP contribution >= 0.6 is 11.6 Å². The number of benzene rings is 2. The Bertz CT molecular complexity index is 974. The van der Waals surface area contributed by atoms with Crippen LogP contribution in [0.5, 0.6) is 17.2 Å². The third-order valence-corrected chi connectivity index (χ3v) is 4.99. The summed E-state index contributed by atoms with van der Waals surface area (Å²) in [6, 6.07) is 9.11. The maximum Gasteiger partial charge on any atom is 0.337 e. The number of hydrogen-bond acceptors (Lipinski definition) is 7. The number of amides is 1. The molecule has 1 amide bonds. The SMILES string of the molecule is COC(=O)c1ccc(OC(=O)C2CC(=O)N(c3cc(Cl)c(OC)cc3OC)C2)cc1. The minimum atomic E-state index is -0.664. The minimum Gasteiger partial charge on any atom is -0.495 e. The van der Waals surface area contributed by atoms with Crippen LogP contribution in [0.25, 0.3) is 0 Å². The molecule has 1 saturated heterocycles. The van der Waals surface area contributed by atoms with Crippen molar-refractivity contribution in [1.82, 2.24) is 0 Å². The maximum absolute atomic E-state index is 12.6. The second-order valence-corrected chi connectivity index (χ2v) is 6.91. The van der Waals surface area contributed by atoms with Crippen LogP contribution in [0.15, 0.2) is 36.4 Å². The molecule has 0 aromatic heterocycles. The van der Waals surface area contributed by atoms with E-state index in [1.807, 2.05) is 0 Å². The average Bonchev–Trinajstić information content (AvgIpc) is 3.15. The van der Waals surface area contributed by atoms with Crippen LogP contribution in [0.4, 0.5) is 5.69 Å². The van der Waals surface area contributed by atoms with Gasteiger partial charge < -0.3 is 23.8 Å². The van der Waals surface area contributed by atoms with Gasteiger partial charge in [0.2, 0.25) is 5.91 Å². The van der Waals surface area contributed by atoms with E-state index in [0.29, 0.717) is 27.8 Å². The van der Waals surface area contributed by atoms with Gasteiger partial charge in [-0.2, -0.15) is 0 Å². The quantitative estimate of drug-likeness (QED) is 0.510. The summed E-state index contributed by atoms with van der Waals surface area (Å²) in [5.41, 5.74) is 0.786. The lowest BCUT2D eigenvalue weighted by atomic mass is 10.1. The lowest BCUT2D eigenvalue weighted by Crippen LogP contribution is -2.27. The molecule has 0 bridgehead atoms. The van der Waals surface area contributed by atoms with E-state index < -0.39 is 17.9 Å². The smallest absolute Gasteiger partial charge is 0.337 e. The predicted molar refractivity (Wildman–Crippen MR) is 108 cm³/mol. The highest BCUT2D eigenvalue weighted by atomic mass is 35.5. The Balaban J connectivity index is 1.73. The Morgan fingerprint density at radius 3 is 2.30 bits per heavy atom. The Labute approximate surface area is 178 Å². The first-order valence-corrected chi connectivity index (χ1v) is 9.37. The summed E-state index contributed by atoms with van der Waals surface area (Å²) in [4.78, 5) is 38.0. The summed E-state index contributed by atoms with van der Waals surface area (Å²) in [5.74, 6) is -0.871. The molecule has 1 atom stereocenters. The standard InChI is InChI=1S/C21H20ClNO7/c1-27-17-10-18(28-2)16(9-15(17)22)23-11-13(8-19(23)24)21(26)30-14-6-4-12(5-7-14)20(25)29-3/h4-7,9-10,13H,8,11H2,1-3H3. The Hall–Kier alpha value is -3.26. The largest absolute Gasteiger partial charge is 0.495 e. The molecule has 2 aromatic carbocycles. The molecule has 1 heterocycles. The summed E-state index contributed by atoms with van der Waals surface area (Å²) in [6.45, 7) is 0.122. The molecule has 8 nitrogen and oxygen atoms in total. The number of halogens is 1. The first kappa shape index (κ1) is 21.4. The number of rotatable bonds is 6. The third-order valence-electron chi connectivity index (χ3n) is 4.70. The van der Waals surface area contributed by atoms with E-state index in [9.17, 15) is 14.4 Å². The zero-order valence-corrected chi connectivity index (χ0v) is 17.4. The second-order valence-electron chi connectivity index (χ2n) is 6.50. The van der Waals surface area contributed by atoms with Crippen molar-refractivity contribution in [3.05, 3.63) is 47.0 Å². The average molecular weight is 434 g/mol. The molecule has 1 aliphatic heterocycles. The topological polar surface area (TPSA) is 91.4 Å². The van der Waals surface area contributed by atoms with E-state index in [2.05, 4.69) is 4.74 Å². The van der Waals surface area contributed by atoms with Gasteiger partial charge in [0.1, 0.15) is 17.2 Å². The van der Waals surface area contributed by atoms with Crippen LogP contribution < -0.4 is 19.1 Å². The fourth-order valence-corrected chi connectivity index (χ4v) is 3.36. The molecule has 158 valence electrons. The lowest BCUT2D eigenvalue weighted by molar-refractivity contribution is -0.139. The summed E-state index contributed by atoms with van der Waals surface area (Å²) < 4.78 is 20.5. The molecule has 9 heteroatoms. The third kappa shape index (κ3) is 4.33. The van der Waals surface area contributed by atoms with Crippen LogP contribution in [0.3, 0.4) is 0 Å². The molecule has 0 spiro atoms. The fraction of sp³-hybridized carbons (Fsp3) is 0.286. The van der Waals surface area contributed by atoms with Crippen molar-refractivity contribution in [3.63, 3.8) is 0 Å². The summed E-state index contributed by atoms with van der Waals surface area (Å²) in [7, 11) is 4.23. The number of carbonyl (C=O) groups excluding carboxylic acids is 3. The number of ether oxygens (including phenoxy) is 4. The molecule has 1 fully saturated rings. The van der Waals surface area contributed by atoms with Gasteiger partial charge in [-0.15, -0.1) is 0 Å². The zero-order chi connectivity index (χ0) is 21.8. The van der Waals surface area contributed by atoms with Gasteiger partial charge in [-0.1, -0.05) is 11.6 Å². The second kappa shape index (κ2) is 9.04. The molecule has 0 N–H and O–H groups in total. The van der Waals surface area contributed by atoms with Crippen LogP contribution in [-0.4, -0.2) is 45.7 Å². The van der Waals surface area contributed by atoms with Crippen molar-refractivity contribution in [3.8, 4) is 17.2 Å². The highest BCUT2D eigenvalue weighted by molar-refractivity contribution is 6.32. The van der Waals surface area contributed by atoms with Crippen molar-refractivity contribution in [2.75, 3.05) is 32.8 Å². The van der Waals surface area contributed by atoms with E-state index in [0.717, 1.165) is 0 Å². The van der Waals surface area contributed by atoms with Gasteiger partial charge in [0.25, 0.3) is 0 Å². The molecular formula is C21H20ClNO7. The van der Waals surface area contributed by atoms with Gasteiger partial charge in [-0.3, -0.25) is 9.59 Å². The van der Waals surface area contributed by atoms with Crippen LogP contribution in [0.1, 0.15) is 16.8 Å². The number of carbonyl (C=O) groups is 3. The van der Waals surface area contributed by atoms with Gasteiger partial charge in [-0.05, 0) is 30.3 Å². The number of methoxy groups -OCH3 is 3. The number of esters is 2. The Kier molecular flexibility index (Phi) is 6.47. The monoisotopic (exact) mass is 433 g/mol. The van der Waals surface area contributed by atoms with E-state index >= 15 is 0 Å². The maximum atomic E-state index is 12.6. The van der Waals surface area contributed by atoms with E-state index in [-0.39, 0.29) is 24.6 Å². The lowest BCUT2D eigenvalue weighted by Gasteiger charge is -2.20. The van der Waals surface area contributed by atoms with Gasteiger partial charge in [0.15, 0.2) is 0 Å².